The Morgan fingerprint density at radius 2 is 1.86 bits per heavy atom. The molecule has 2 aliphatic heterocycles. The van der Waals surface area contributed by atoms with Crippen molar-refractivity contribution in [3.05, 3.63) is 52.3 Å². The Kier molecular flexibility index (Phi) is 6.35. The minimum absolute atomic E-state index is 0.216. The van der Waals surface area contributed by atoms with Crippen molar-refractivity contribution in [3.8, 4) is 0 Å². The maximum absolute atomic E-state index is 13.7. The Morgan fingerprint density at radius 3 is 2.60 bits per heavy atom. The van der Waals surface area contributed by atoms with Gasteiger partial charge in [0.25, 0.3) is 5.91 Å². The first kappa shape index (κ1) is 23.9. The Hall–Kier alpha value is -2.85. The van der Waals surface area contributed by atoms with E-state index >= 15 is 0 Å². The number of sulfonamides is 1. The second-order valence-electron chi connectivity index (χ2n) is 9.39. The first-order chi connectivity index (χ1) is 16.7. The monoisotopic (exact) mass is 516 g/mol. The van der Waals surface area contributed by atoms with Crippen molar-refractivity contribution in [3.63, 3.8) is 0 Å². The summed E-state index contributed by atoms with van der Waals surface area (Å²) in [5, 5.41) is 5.21. The normalized spacial score (nSPS) is 18.9. The van der Waals surface area contributed by atoms with E-state index in [0.29, 0.717) is 11.6 Å². The Bertz CT molecular complexity index is 1380. The molecule has 0 radical (unpaired) electrons. The van der Waals surface area contributed by atoms with E-state index in [1.54, 1.807) is 11.0 Å². The molecule has 1 N–H and O–H groups in total. The van der Waals surface area contributed by atoms with Crippen LogP contribution in [0, 0.1) is 6.92 Å². The quantitative estimate of drug-likeness (QED) is 0.549. The SMILES string of the molecule is Cc1cc2nc(C3CCCCN3C(=O)c3cc(Cl)ccc3NS(C)(=O)=O)cn2nc1N1CCCC1. The lowest BCUT2D eigenvalue weighted by molar-refractivity contribution is 0.0607. The van der Waals surface area contributed by atoms with Crippen LogP contribution >= 0.6 is 11.6 Å². The predicted octanol–water partition coefficient (Wildman–Crippen LogP) is 4.03. The number of imidazole rings is 1. The molecule has 5 rings (SSSR count). The van der Waals surface area contributed by atoms with Gasteiger partial charge in [-0.25, -0.2) is 17.9 Å². The third-order valence-corrected chi connectivity index (χ3v) is 7.48. The van der Waals surface area contributed by atoms with Crippen LogP contribution in [0.4, 0.5) is 11.5 Å². The van der Waals surface area contributed by atoms with Gasteiger partial charge in [0, 0.05) is 24.7 Å². The fourth-order valence-electron chi connectivity index (χ4n) is 5.04. The number of aromatic nitrogens is 3. The van der Waals surface area contributed by atoms with E-state index in [0.717, 1.165) is 61.3 Å². The van der Waals surface area contributed by atoms with E-state index in [-0.39, 0.29) is 23.2 Å². The second-order valence-corrected chi connectivity index (χ2v) is 11.6. The van der Waals surface area contributed by atoms with Crippen LogP contribution in [0.1, 0.15) is 59.8 Å². The van der Waals surface area contributed by atoms with Crippen molar-refractivity contribution in [2.24, 2.45) is 0 Å². The number of benzene rings is 1. The van der Waals surface area contributed by atoms with E-state index in [1.807, 2.05) is 16.8 Å². The lowest BCUT2D eigenvalue weighted by Gasteiger charge is -2.35. The van der Waals surface area contributed by atoms with Crippen LogP contribution in [0.5, 0.6) is 0 Å². The maximum Gasteiger partial charge on any atom is 0.256 e. The van der Waals surface area contributed by atoms with Gasteiger partial charge in [0.05, 0.1) is 35.4 Å². The molecule has 0 spiro atoms. The zero-order chi connectivity index (χ0) is 24.7. The summed E-state index contributed by atoms with van der Waals surface area (Å²) in [6.45, 7) is 4.62. The van der Waals surface area contributed by atoms with E-state index in [9.17, 15) is 13.2 Å². The summed E-state index contributed by atoms with van der Waals surface area (Å²) in [7, 11) is -3.57. The molecule has 1 atom stereocenters. The van der Waals surface area contributed by atoms with Crippen LogP contribution < -0.4 is 9.62 Å². The van der Waals surface area contributed by atoms with Gasteiger partial charge in [0.15, 0.2) is 11.5 Å². The number of carbonyl (C=O) groups is 1. The fourth-order valence-corrected chi connectivity index (χ4v) is 5.79. The molecule has 4 heterocycles. The number of anilines is 2. The molecule has 1 amide bonds. The van der Waals surface area contributed by atoms with Crippen molar-refractivity contribution >= 4 is 44.7 Å². The van der Waals surface area contributed by atoms with Crippen LogP contribution in [0.2, 0.25) is 5.02 Å². The number of hydrogen-bond acceptors (Lipinski definition) is 6. The molecule has 2 fully saturated rings. The summed E-state index contributed by atoms with van der Waals surface area (Å²) in [5.41, 5.74) is 3.06. The number of likely N-dealkylation sites (tertiary alicyclic amines) is 1. The minimum atomic E-state index is -3.57. The first-order valence-electron chi connectivity index (χ1n) is 11.9. The van der Waals surface area contributed by atoms with Crippen molar-refractivity contribution < 1.29 is 13.2 Å². The van der Waals surface area contributed by atoms with Gasteiger partial charge in [-0.2, -0.15) is 0 Å². The molecule has 2 saturated heterocycles. The molecule has 2 aliphatic rings. The summed E-state index contributed by atoms with van der Waals surface area (Å²) < 4.78 is 28.0. The average molecular weight is 517 g/mol. The number of nitrogens with zero attached hydrogens (tertiary/aromatic N) is 5. The van der Waals surface area contributed by atoms with Gasteiger partial charge >= 0.3 is 0 Å². The molecule has 3 aromatic rings. The number of nitrogens with one attached hydrogen (secondary N) is 1. The number of carbonyl (C=O) groups excluding carboxylic acids is 1. The highest BCUT2D eigenvalue weighted by Crippen LogP contribution is 2.34. The summed E-state index contributed by atoms with van der Waals surface area (Å²) in [4.78, 5) is 22.6. The number of hydrogen-bond donors (Lipinski definition) is 1. The molecule has 35 heavy (non-hydrogen) atoms. The lowest BCUT2D eigenvalue weighted by Crippen LogP contribution is -2.39. The van der Waals surface area contributed by atoms with Gasteiger partial charge < -0.3 is 9.80 Å². The Balaban J connectivity index is 1.50. The topological polar surface area (TPSA) is 99.9 Å². The third kappa shape index (κ3) is 4.95. The number of piperidine rings is 1. The number of rotatable bonds is 5. The van der Waals surface area contributed by atoms with Gasteiger partial charge in [-0.3, -0.25) is 9.52 Å². The highest BCUT2D eigenvalue weighted by atomic mass is 35.5. The van der Waals surface area contributed by atoms with Gasteiger partial charge in [0.1, 0.15) is 0 Å². The highest BCUT2D eigenvalue weighted by molar-refractivity contribution is 7.92. The minimum Gasteiger partial charge on any atom is -0.355 e. The number of halogens is 1. The van der Waals surface area contributed by atoms with Gasteiger partial charge in [-0.15, -0.1) is 5.10 Å². The van der Waals surface area contributed by atoms with E-state index in [4.69, 9.17) is 21.7 Å². The molecule has 186 valence electrons. The Labute approximate surface area is 210 Å². The van der Waals surface area contributed by atoms with Crippen molar-refractivity contribution in [2.75, 3.05) is 35.5 Å². The summed E-state index contributed by atoms with van der Waals surface area (Å²) in [5.74, 6) is 0.702. The number of fused-ring (bicyclic) bond motifs is 1. The van der Waals surface area contributed by atoms with Crippen LogP contribution in [0.3, 0.4) is 0 Å². The molecule has 0 saturated carbocycles. The molecule has 0 aliphatic carbocycles. The van der Waals surface area contributed by atoms with Crippen molar-refractivity contribution in [1.82, 2.24) is 19.5 Å². The zero-order valence-electron chi connectivity index (χ0n) is 19.9. The fraction of sp³-hybridized carbons (Fsp3) is 0.458. The highest BCUT2D eigenvalue weighted by Gasteiger charge is 2.32. The van der Waals surface area contributed by atoms with Gasteiger partial charge in [-0.05, 0) is 68.9 Å². The van der Waals surface area contributed by atoms with E-state index < -0.39 is 10.0 Å². The standard InChI is InChI=1S/C24H29ClN6O3S/c1-16-13-22-26-20(15-31(22)27-23(16)29-10-5-6-11-29)21-7-3-4-12-30(21)24(32)18-14-17(25)8-9-19(18)28-35(2,33)34/h8-9,13-15,21,28H,3-7,10-12H2,1-2H3. The third-order valence-electron chi connectivity index (χ3n) is 6.65. The lowest BCUT2D eigenvalue weighted by atomic mass is 9.98. The van der Waals surface area contributed by atoms with Crippen LogP contribution in [-0.4, -0.2) is 59.7 Å². The number of amides is 1. The van der Waals surface area contributed by atoms with Gasteiger partial charge in [0.2, 0.25) is 10.0 Å². The molecule has 1 unspecified atom stereocenters. The molecule has 1 aromatic carbocycles. The van der Waals surface area contributed by atoms with Crippen LogP contribution in [0.25, 0.3) is 5.65 Å². The molecule has 2 aromatic heterocycles. The van der Waals surface area contributed by atoms with Crippen LogP contribution in [0.15, 0.2) is 30.5 Å². The first-order valence-corrected chi connectivity index (χ1v) is 14.2. The van der Waals surface area contributed by atoms with Crippen LogP contribution in [-0.2, 0) is 10.0 Å². The zero-order valence-corrected chi connectivity index (χ0v) is 21.4. The van der Waals surface area contributed by atoms with E-state index in [1.165, 1.54) is 25.0 Å². The molecule has 0 bridgehead atoms. The maximum atomic E-state index is 13.7. The van der Waals surface area contributed by atoms with E-state index in [2.05, 4.69) is 16.5 Å². The smallest absolute Gasteiger partial charge is 0.256 e. The average Bonchev–Trinajstić information content (AvgIpc) is 3.48. The second kappa shape index (κ2) is 9.31. The van der Waals surface area contributed by atoms with Gasteiger partial charge in [-0.1, -0.05) is 11.6 Å². The summed E-state index contributed by atoms with van der Waals surface area (Å²) in [6, 6.07) is 6.41. The molecule has 11 heteroatoms. The summed E-state index contributed by atoms with van der Waals surface area (Å²) in [6.07, 6.45) is 7.92. The largest absolute Gasteiger partial charge is 0.355 e. The molecular weight excluding hydrogens is 488 g/mol. The van der Waals surface area contributed by atoms with Crippen molar-refractivity contribution in [2.45, 2.75) is 45.1 Å². The summed E-state index contributed by atoms with van der Waals surface area (Å²) >= 11 is 6.19. The molecular formula is C24H29ClN6O3S. The predicted molar refractivity (Wildman–Crippen MR) is 137 cm³/mol. The Morgan fingerprint density at radius 1 is 1.11 bits per heavy atom. The molecule has 9 nitrogen and oxygen atoms in total. The van der Waals surface area contributed by atoms with Crippen molar-refractivity contribution in [1.29, 1.82) is 0 Å². The number of aryl methyl sites for hydroxylation is 1.